The van der Waals surface area contributed by atoms with Crippen molar-refractivity contribution >= 4 is 17.5 Å². The fourth-order valence-corrected chi connectivity index (χ4v) is 3.17. The minimum Gasteiger partial charge on any atom is -0.352 e. The van der Waals surface area contributed by atoms with Crippen LogP contribution in [0, 0.1) is 5.92 Å². The van der Waals surface area contributed by atoms with Crippen molar-refractivity contribution in [3.8, 4) is 0 Å². The molecule has 1 saturated heterocycles. The normalized spacial score (nSPS) is 23.6. The maximum Gasteiger partial charge on any atom is 0.237 e. The van der Waals surface area contributed by atoms with Crippen LogP contribution >= 0.6 is 11.6 Å². The van der Waals surface area contributed by atoms with Crippen molar-refractivity contribution in [2.24, 2.45) is 5.92 Å². The molecule has 3 unspecified atom stereocenters. The van der Waals surface area contributed by atoms with Crippen LogP contribution in [0.25, 0.3) is 0 Å². The van der Waals surface area contributed by atoms with Gasteiger partial charge in [-0.3, -0.25) is 4.79 Å². The SMILES string of the molecule is CCC1CCNC(C(=O)NC(C)Cc2ccccc2Cl)C1. The minimum absolute atomic E-state index is 0.0441. The number of nitrogens with one attached hydrogen (secondary N) is 2. The van der Waals surface area contributed by atoms with Crippen molar-refractivity contribution in [3.63, 3.8) is 0 Å². The standard InChI is InChI=1S/C17H25ClN2O/c1-3-13-8-9-19-16(11-13)17(21)20-12(2)10-14-6-4-5-7-15(14)18/h4-7,12-13,16,19H,3,8-11H2,1-2H3,(H,20,21). The quantitative estimate of drug-likeness (QED) is 0.877. The average molecular weight is 309 g/mol. The van der Waals surface area contributed by atoms with E-state index in [9.17, 15) is 4.79 Å². The van der Waals surface area contributed by atoms with E-state index in [0.29, 0.717) is 5.92 Å². The van der Waals surface area contributed by atoms with Gasteiger partial charge in [-0.25, -0.2) is 0 Å². The smallest absolute Gasteiger partial charge is 0.237 e. The van der Waals surface area contributed by atoms with Gasteiger partial charge in [0.1, 0.15) is 0 Å². The Balaban J connectivity index is 1.86. The summed E-state index contributed by atoms with van der Waals surface area (Å²) < 4.78 is 0. The molecule has 3 nitrogen and oxygen atoms in total. The topological polar surface area (TPSA) is 41.1 Å². The predicted octanol–water partition coefficient (Wildman–Crippen LogP) is 3.17. The second-order valence-corrected chi connectivity index (χ2v) is 6.42. The Bertz CT molecular complexity index is 478. The van der Waals surface area contributed by atoms with Crippen LogP contribution in [-0.2, 0) is 11.2 Å². The Morgan fingerprint density at radius 2 is 2.24 bits per heavy atom. The summed E-state index contributed by atoms with van der Waals surface area (Å²) in [4.78, 5) is 12.3. The zero-order valence-corrected chi connectivity index (χ0v) is 13.6. The van der Waals surface area contributed by atoms with Gasteiger partial charge in [0.15, 0.2) is 0 Å². The van der Waals surface area contributed by atoms with E-state index in [1.165, 1.54) is 6.42 Å². The van der Waals surface area contributed by atoms with E-state index in [4.69, 9.17) is 11.6 Å². The monoisotopic (exact) mass is 308 g/mol. The highest BCUT2D eigenvalue weighted by molar-refractivity contribution is 6.31. The van der Waals surface area contributed by atoms with E-state index < -0.39 is 0 Å². The molecular weight excluding hydrogens is 284 g/mol. The molecule has 1 aromatic rings. The Labute approximate surface area is 132 Å². The Morgan fingerprint density at radius 3 is 2.95 bits per heavy atom. The number of carbonyl (C=O) groups excluding carboxylic acids is 1. The number of hydrogen-bond donors (Lipinski definition) is 2. The number of halogens is 1. The third-order valence-corrected chi connectivity index (χ3v) is 4.65. The van der Waals surface area contributed by atoms with Gasteiger partial charge in [0.2, 0.25) is 5.91 Å². The molecule has 1 amide bonds. The number of benzene rings is 1. The van der Waals surface area contributed by atoms with Crippen LogP contribution in [-0.4, -0.2) is 24.5 Å². The molecule has 1 fully saturated rings. The Kier molecular flexibility index (Phi) is 6.07. The molecule has 1 heterocycles. The van der Waals surface area contributed by atoms with Crippen LogP contribution in [0.1, 0.15) is 38.7 Å². The first-order chi connectivity index (χ1) is 10.1. The van der Waals surface area contributed by atoms with Gasteiger partial charge in [0, 0.05) is 11.1 Å². The van der Waals surface area contributed by atoms with Crippen LogP contribution < -0.4 is 10.6 Å². The van der Waals surface area contributed by atoms with E-state index in [-0.39, 0.29) is 18.0 Å². The van der Waals surface area contributed by atoms with Gasteiger partial charge in [-0.05, 0) is 50.3 Å². The van der Waals surface area contributed by atoms with Crippen molar-refractivity contribution < 1.29 is 4.79 Å². The maximum absolute atomic E-state index is 12.3. The fourth-order valence-electron chi connectivity index (χ4n) is 2.96. The molecule has 0 aliphatic carbocycles. The van der Waals surface area contributed by atoms with E-state index in [1.54, 1.807) is 0 Å². The van der Waals surface area contributed by atoms with Gasteiger partial charge in [-0.1, -0.05) is 43.1 Å². The summed E-state index contributed by atoms with van der Waals surface area (Å²) in [6, 6.07) is 7.84. The highest BCUT2D eigenvalue weighted by atomic mass is 35.5. The number of hydrogen-bond acceptors (Lipinski definition) is 2. The first-order valence-corrected chi connectivity index (χ1v) is 8.25. The highest BCUT2D eigenvalue weighted by Gasteiger charge is 2.26. The molecule has 2 N–H and O–H groups in total. The summed E-state index contributed by atoms with van der Waals surface area (Å²) in [5.41, 5.74) is 1.08. The summed E-state index contributed by atoms with van der Waals surface area (Å²) >= 11 is 6.17. The van der Waals surface area contributed by atoms with Gasteiger partial charge in [-0.2, -0.15) is 0 Å². The molecule has 116 valence electrons. The number of carbonyl (C=O) groups is 1. The summed E-state index contributed by atoms with van der Waals surface area (Å²) in [5, 5.41) is 7.20. The van der Waals surface area contributed by atoms with Crippen molar-refractivity contribution in [2.75, 3.05) is 6.54 Å². The van der Waals surface area contributed by atoms with Gasteiger partial charge >= 0.3 is 0 Å². The van der Waals surface area contributed by atoms with Crippen molar-refractivity contribution in [2.45, 2.75) is 51.6 Å². The van der Waals surface area contributed by atoms with Crippen LogP contribution in [0.4, 0.5) is 0 Å². The molecule has 0 aromatic heterocycles. The number of piperidine rings is 1. The van der Waals surface area contributed by atoms with E-state index in [0.717, 1.165) is 36.4 Å². The third-order valence-electron chi connectivity index (χ3n) is 4.28. The first-order valence-electron chi connectivity index (χ1n) is 7.87. The fraction of sp³-hybridized carbons (Fsp3) is 0.588. The molecule has 4 heteroatoms. The molecule has 1 aliphatic rings. The molecule has 0 spiro atoms. The van der Waals surface area contributed by atoms with Gasteiger partial charge in [0.25, 0.3) is 0 Å². The second kappa shape index (κ2) is 7.81. The summed E-state index contributed by atoms with van der Waals surface area (Å²) in [7, 11) is 0. The first kappa shape index (κ1) is 16.3. The predicted molar refractivity (Wildman–Crippen MR) is 87.6 cm³/mol. The second-order valence-electron chi connectivity index (χ2n) is 6.01. The Hall–Kier alpha value is -1.06. The largest absolute Gasteiger partial charge is 0.352 e. The lowest BCUT2D eigenvalue weighted by Crippen LogP contribution is -2.51. The van der Waals surface area contributed by atoms with Crippen LogP contribution in [0.15, 0.2) is 24.3 Å². The highest BCUT2D eigenvalue weighted by Crippen LogP contribution is 2.20. The molecule has 2 rings (SSSR count). The zero-order chi connectivity index (χ0) is 15.2. The molecular formula is C17H25ClN2O. The van der Waals surface area contributed by atoms with E-state index in [1.807, 2.05) is 31.2 Å². The van der Waals surface area contributed by atoms with E-state index >= 15 is 0 Å². The van der Waals surface area contributed by atoms with Crippen molar-refractivity contribution in [3.05, 3.63) is 34.9 Å². The van der Waals surface area contributed by atoms with Crippen molar-refractivity contribution in [1.29, 1.82) is 0 Å². The summed E-state index contributed by atoms with van der Waals surface area (Å²) in [5.74, 6) is 0.786. The minimum atomic E-state index is -0.0441. The molecule has 3 atom stereocenters. The van der Waals surface area contributed by atoms with Crippen LogP contribution in [0.3, 0.4) is 0 Å². The van der Waals surface area contributed by atoms with Gasteiger partial charge in [0.05, 0.1) is 6.04 Å². The lowest BCUT2D eigenvalue weighted by atomic mass is 9.90. The molecule has 0 saturated carbocycles. The maximum atomic E-state index is 12.3. The molecule has 1 aromatic carbocycles. The molecule has 0 bridgehead atoms. The summed E-state index contributed by atoms with van der Waals surface area (Å²) in [6.45, 7) is 5.17. The lowest BCUT2D eigenvalue weighted by molar-refractivity contribution is -0.124. The lowest BCUT2D eigenvalue weighted by Gasteiger charge is -2.29. The van der Waals surface area contributed by atoms with Crippen LogP contribution in [0.5, 0.6) is 0 Å². The average Bonchev–Trinajstić information content (AvgIpc) is 2.49. The van der Waals surface area contributed by atoms with Gasteiger partial charge < -0.3 is 10.6 Å². The van der Waals surface area contributed by atoms with Crippen LogP contribution in [0.2, 0.25) is 5.02 Å². The number of rotatable bonds is 5. The number of amides is 1. The zero-order valence-electron chi connectivity index (χ0n) is 12.9. The Morgan fingerprint density at radius 1 is 1.48 bits per heavy atom. The molecule has 1 aliphatic heterocycles. The van der Waals surface area contributed by atoms with Gasteiger partial charge in [-0.15, -0.1) is 0 Å². The summed E-state index contributed by atoms with van der Waals surface area (Å²) in [6.07, 6.45) is 4.03. The molecule has 21 heavy (non-hydrogen) atoms. The third kappa shape index (κ3) is 4.72. The van der Waals surface area contributed by atoms with Crippen molar-refractivity contribution in [1.82, 2.24) is 10.6 Å². The molecule has 0 radical (unpaired) electrons. The van der Waals surface area contributed by atoms with E-state index in [2.05, 4.69) is 17.6 Å².